The van der Waals surface area contributed by atoms with Crippen LogP contribution >= 0.6 is 0 Å². The molecular formula is C13H18N4O. The number of nitrogens with zero attached hydrogens (tertiary/aromatic N) is 2. The highest BCUT2D eigenvalue weighted by Crippen LogP contribution is 2.25. The Balaban J connectivity index is 1.91. The zero-order valence-corrected chi connectivity index (χ0v) is 10.3. The maximum absolute atomic E-state index is 9.20. The molecule has 18 heavy (non-hydrogen) atoms. The molecule has 0 bridgehead atoms. The summed E-state index contributed by atoms with van der Waals surface area (Å²) in [5.41, 5.74) is 0.785. The second kappa shape index (κ2) is 4.94. The summed E-state index contributed by atoms with van der Waals surface area (Å²) in [7, 11) is 0. The molecule has 1 aliphatic rings. The second-order valence-corrected chi connectivity index (χ2v) is 4.87. The second-order valence-electron chi connectivity index (χ2n) is 4.87. The lowest BCUT2D eigenvalue weighted by molar-refractivity contribution is 0.272. The van der Waals surface area contributed by atoms with Gasteiger partial charge in [0.05, 0.1) is 5.39 Å². The van der Waals surface area contributed by atoms with Crippen LogP contribution in [-0.2, 0) is 6.61 Å². The molecule has 0 atom stereocenters. The predicted molar refractivity (Wildman–Crippen MR) is 70.3 cm³/mol. The van der Waals surface area contributed by atoms with E-state index < -0.39 is 0 Å². The van der Waals surface area contributed by atoms with Crippen LogP contribution in [0.1, 0.15) is 37.9 Å². The van der Waals surface area contributed by atoms with E-state index in [2.05, 4.69) is 20.3 Å². The van der Waals surface area contributed by atoms with E-state index in [1.807, 2.05) is 12.3 Å². The van der Waals surface area contributed by atoms with Crippen molar-refractivity contribution in [1.82, 2.24) is 15.0 Å². The van der Waals surface area contributed by atoms with Crippen LogP contribution in [0.5, 0.6) is 0 Å². The minimum atomic E-state index is -0.131. The first kappa shape index (κ1) is 11.5. The van der Waals surface area contributed by atoms with E-state index in [9.17, 15) is 5.11 Å². The Hall–Kier alpha value is -1.62. The van der Waals surface area contributed by atoms with Crippen LogP contribution in [0.15, 0.2) is 12.3 Å². The number of nitrogens with one attached hydrogen (secondary N) is 2. The van der Waals surface area contributed by atoms with Gasteiger partial charge in [-0.1, -0.05) is 19.3 Å². The lowest BCUT2D eigenvalue weighted by Gasteiger charge is -2.23. The summed E-state index contributed by atoms with van der Waals surface area (Å²) in [6.07, 6.45) is 8.16. The molecule has 0 radical (unpaired) electrons. The van der Waals surface area contributed by atoms with Crippen molar-refractivity contribution >= 4 is 16.9 Å². The fraction of sp³-hybridized carbons (Fsp3) is 0.538. The average Bonchev–Trinajstić information content (AvgIpc) is 2.88. The van der Waals surface area contributed by atoms with Gasteiger partial charge in [-0.05, 0) is 18.9 Å². The number of anilines is 1. The number of fused-ring (bicyclic) bond motifs is 1. The molecule has 5 nitrogen and oxygen atoms in total. The standard InChI is InChI=1S/C13H18N4O/c18-8-11-16-12-10(6-7-14-12)13(17-11)15-9-4-2-1-3-5-9/h6-7,9,18H,1-5,8H2,(H2,14,15,16,17). The lowest BCUT2D eigenvalue weighted by Crippen LogP contribution is -2.23. The van der Waals surface area contributed by atoms with Gasteiger partial charge in [0.2, 0.25) is 0 Å². The molecule has 2 aromatic rings. The van der Waals surface area contributed by atoms with Gasteiger partial charge in [-0.2, -0.15) is 0 Å². The van der Waals surface area contributed by atoms with Gasteiger partial charge in [0, 0.05) is 12.2 Å². The van der Waals surface area contributed by atoms with Crippen LogP contribution in [0.2, 0.25) is 0 Å². The molecule has 0 aromatic carbocycles. The van der Waals surface area contributed by atoms with Gasteiger partial charge in [-0.3, -0.25) is 0 Å². The molecule has 5 heteroatoms. The smallest absolute Gasteiger partial charge is 0.158 e. The van der Waals surface area contributed by atoms with Gasteiger partial charge in [-0.25, -0.2) is 9.97 Å². The Morgan fingerprint density at radius 1 is 1.28 bits per heavy atom. The number of aliphatic hydroxyl groups is 1. The van der Waals surface area contributed by atoms with Crippen molar-refractivity contribution in [2.75, 3.05) is 5.32 Å². The average molecular weight is 246 g/mol. The molecule has 2 heterocycles. The normalized spacial score (nSPS) is 17.2. The van der Waals surface area contributed by atoms with Gasteiger partial charge in [-0.15, -0.1) is 0 Å². The van der Waals surface area contributed by atoms with Crippen molar-refractivity contribution < 1.29 is 5.11 Å². The Kier molecular flexibility index (Phi) is 3.15. The highest BCUT2D eigenvalue weighted by Gasteiger charge is 2.16. The van der Waals surface area contributed by atoms with Gasteiger partial charge in [0.1, 0.15) is 18.1 Å². The molecule has 0 spiro atoms. The van der Waals surface area contributed by atoms with Gasteiger partial charge in [0.25, 0.3) is 0 Å². The molecule has 1 fully saturated rings. The molecule has 0 amide bonds. The maximum Gasteiger partial charge on any atom is 0.158 e. The van der Waals surface area contributed by atoms with Crippen molar-refractivity contribution in [3.05, 3.63) is 18.1 Å². The topological polar surface area (TPSA) is 73.8 Å². The molecule has 96 valence electrons. The van der Waals surface area contributed by atoms with Crippen LogP contribution in [0.4, 0.5) is 5.82 Å². The Morgan fingerprint density at radius 2 is 2.11 bits per heavy atom. The number of aliphatic hydroxyl groups excluding tert-OH is 1. The van der Waals surface area contributed by atoms with Crippen molar-refractivity contribution in [3.63, 3.8) is 0 Å². The minimum Gasteiger partial charge on any atom is -0.388 e. The fourth-order valence-corrected chi connectivity index (χ4v) is 2.61. The highest BCUT2D eigenvalue weighted by atomic mass is 16.3. The van der Waals surface area contributed by atoms with Crippen LogP contribution in [0.3, 0.4) is 0 Å². The summed E-state index contributed by atoms with van der Waals surface area (Å²) in [5, 5.41) is 13.7. The summed E-state index contributed by atoms with van der Waals surface area (Å²) in [4.78, 5) is 11.7. The quantitative estimate of drug-likeness (QED) is 0.776. The third-order valence-corrected chi connectivity index (χ3v) is 3.55. The Morgan fingerprint density at radius 3 is 2.89 bits per heavy atom. The van der Waals surface area contributed by atoms with Crippen molar-refractivity contribution in [2.45, 2.75) is 44.8 Å². The van der Waals surface area contributed by atoms with Gasteiger partial charge < -0.3 is 15.4 Å². The minimum absolute atomic E-state index is 0.131. The Bertz CT molecular complexity index is 531. The van der Waals surface area contributed by atoms with Gasteiger partial charge in [0.15, 0.2) is 5.82 Å². The SMILES string of the molecule is OCc1nc(NC2CCCCC2)c2cc[nH]c2n1. The van der Waals surface area contributed by atoms with E-state index >= 15 is 0 Å². The third kappa shape index (κ3) is 2.18. The van der Waals surface area contributed by atoms with Crippen molar-refractivity contribution in [2.24, 2.45) is 0 Å². The Labute approximate surface area is 106 Å². The predicted octanol–water partition coefficient (Wildman–Crippen LogP) is 2.19. The zero-order valence-electron chi connectivity index (χ0n) is 10.3. The monoisotopic (exact) mass is 246 g/mol. The number of hydrogen-bond donors (Lipinski definition) is 3. The molecule has 3 N–H and O–H groups in total. The first-order chi connectivity index (χ1) is 8.86. The number of rotatable bonds is 3. The summed E-state index contributed by atoms with van der Waals surface area (Å²) >= 11 is 0. The van der Waals surface area contributed by atoms with Crippen molar-refractivity contribution in [1.29, 1.82) is 0 Å². The van der Waals surface area contributed by atoms with Crippen molar-refractivity contribution in [3.8, 4) is 0 Å². The highest BCUT2D eigenvalue weighted by molar-refractivity contribution is 5.87. The summed E-state index contributed by atoms with van der Waals surface area (Å²) < 4.78 is 0. The summed E-state index contributed by atoms with van der Waals surface area (Å²) in [6.45, 7) is -0.131. The third-order valence-electron chi connectivity index (χ3n) is 3.55. The fourth-order valence-electron chi connectivity index (χ4n) is 2.61. The van der Waals surface area contributed by atoms with Crippen LogP contribution < -0.4 is 5.32 Å². The maximum atomic E-state index is 9.20. The first-order valence-corrected chi connectivity index (χ1v) is 6.58. The molecule has 0 saturated heterocycles. The van der Waals surface area contributed by atoms with E-state index in [1.165, 1.54) is 32.1 Å². The lowest BCUT2D eigenvalue weighted by atomic mass is 9.95. The molecule has 2 aromatic heterocycles. The van der Waals surface area contributed by atoms with Crippen LogP contribution in [0, 0.1) is 0 Å². The largest absolute Gasteiger partial charge is 0.388 e. The molecule has 0 unspecified atom stereocenters. The molecule has 1 saturated carbocycles. The van der Waals surface area contributed by atoms with E-state index in [4.69, 9.17) is 0 Å². The summed E-state index contributed by atoms with van der Waals surface area (Å²) in [5.74, 6) is 1.31. The first-order valence-electron chi connectivity index (χ1n) is 6.58. The summed E-state index contributed by atoms with van der Waals surface area (Å²) in [6, 6.07) is 2.47. The number of aromatic amines is 1. The molecule has 3 rings (SSSR count). The molecule has 0 aliphatic heterocycles. The number of aromatic nitrogens is 3. The zero-order chi connectivity index (χ0) is 12.4. The molecular weight excluding hydrogens is 228 g/mol. The number of hydrogen-bond acceptors (Lipinski definition) is 4. The van der Waals surface area contributed by atoms with Crippen LogP contribution in [-0.4, -0.2) is 26.1 Å². The van der Waals surface area contributed by atoms with E-state index in [-0.39, 0.29) is 6.61 Å². The molecule has 1 aliphatic carbocycles. The number of H-pyrrole nitrogens is 1. The van der Waals surface area contributed by atoms with E-state index in [1.54, 1.807) is 0 Å². The van der Waals surface area contributed by atoms with Gasteiger partial charge >= 0.3 is 0 Å². The van der Waals surface area contributed by atoms with E-state index in [0.717, 1.165) is 16.9 Å². The van der Waals surface area contributed by atoms with Crippen LogP contribution in [0.25, 0.3) is 11.0 Å². The van der Waals surface area contributed by atoms with E-state index in [0.29, 0.717) is 11.9 Å².